The maximum Gasteiger partial charge on any atom is 0.335 e. The van der Waals surface area contributed by atoms with Gasteiger partial charge in [0.15, 0.2) is 0 Å². The fourth-order valence-corrected chi connectivity index (χ4v) is 5.69. The normalized spacial score (nSPS) is 27.3. The SMILES string of the molecule is NCC1CCC(C(=O)N2CC(c3ccccc3C(=O)O)[C@@H](c3ccccc3)[C@H]2C(N)=O)CC1. The molecule has 1 unspecified atom stereocenters. The van der Waals surface area contributed by atoms with Crippen LogP contribution in [-0.4, -0.2) is 46.9 Å². The molecule has 2 aliphatic rings. The van der Waals surface area contributed by atoms with Gasteiger partial charge in [0.1, 0.15) is 6.04 Å². The van der Waals surface area contributed by atoms with Gasteiger partial charge in [-0.25, -0.2) is 4.79 Å². The molecular weight excluding hydrogens is 418 g/mol. The molecule has 2 aromatic rings. The second-order valence-corrected chi connectivity index (χ2v) is 9.23. The van der Waals surface area contributed by atoms with E-state index in [1.165, 1.54) is 0 Å². The van der Waals surface area contributed by atoms with Crippen LogP contribution in [0.5, 0.6) is 0 Å². The first-order valence-corrected chi connectivity index (χ1v) is 11.6. The van der Waals surface area contributed by atoms with Crippen molar-refractivity contribution in [3.05, 3.63) is 71.3 Å². The van der Waals surface area contributed by atoms with Crippen molar-refractivity contribution in [1.82, 2.24) is 4.90 Å². The van der Waals surface area contributed by atoms with Crippen LogP contribution in [0, 0.1) is 11.8 Å². The summed E-state index contributed by atoms with van der Waals surface area (Å²) in [6.07, 6.45) is 3.29. The Labute approximate surface area is 193 Å². The van der Waals surface area contributed by atoms with E-state index in [4.69, 9.17) is 11.5 Å². The lowest BCUT2D eigenvalue weighted by molar-refractivity contribution is -0.142. The van der Waals surface area contributed by atoms with Crippen molar-refractivity contribution < 1.29 is 19.5 Å². The van der Waals surface area contributed by atoms with E-state index in [1.807, 2.05) is 30.3 Å². The number of amides is 2. The number of likely N-dealkylation sites (tertiary alicyclic amines) is 1. The molecule has 2 amide bonds. The molecule has 2 aromatic carbocycles. The summed E-state index contributed by atoms with van der Waals surface area (Å²) >= 11 is 0. The summed E-state index contributed by atoms with van der Waals surface area (Å²) < 4.78 is 0. The quantitative estimate of drug-likeness (QED) is 0.625. The maximum atomic E-state index is 13.7. The predicted molar refractivity (Wildman–Crippen MR) is 125 cm³/mol. The Morgan fingerprint density at radius 2 is 1.58 bits per heavy atom. The molecule has 0 radical (unpaired) electrons. The van der Waals surface area contributed by atoms with E-state index in [2.05, 4.69) is 0 Å². The first kappa shape index (κ1) is 23.0. The molecular formula is C26H31N3O4. The second-order valence-electron chi connectivity index (χ2n) is 9.23. The van der Waals surface area contributed by atoms with Crippen molar-refractivity contribution in [3.8, 4) is 0 Å². The maximum absolute atomic E-state index is 13.7. The zero-order valence-corrected chi connectivity index (χ0v) is 18.6. The number of nitrogens with zero attached hydrogens (tertiary/aromatic N) is 1. The highest BCUT2D eigenvalue weighted by Gasteiger charge is 2.50. The van der Waals surface area contributed by atoms with Gasteiger partial charge in [-0.15, -0.1) is 0 Å². The molecule has 4 rings (SSSR count). The lowest BCUT2D eigenvalue weighted by atomic mass is 9.78. The van der Waals surface area contributed by atoms with E-state index in [1.54, 1.807) is 29.2 Å². The molecule has 5 N–H and O–H groups in total. The minimum atomic E-state index is -1.03. The number of benzene rings is 2. The number of hydrogen-bond donors (Lipinski definition) is 3. The van der Waals surface area contributed by atoms with Crippen LogP contribution in [0.15, 0.2) is 54.6 Å². The number of carboxylic acids is 1. The Bertz CT molecular complexity index is 1020. The molecule has 3 atom stereocenters. The van der Waals surface area contributed by atoms with Crippen LogP contribution in [0.2, 0.25) is 0 Å². The van der Waals surface area contributed by atoms with Gasteiger partial charge in [-0.3, -0.25) is 9.59 Å². The minimum Gasteiger partial charge on any atom is -0.478 e. The van der Waals surface area contributed by atoms with Gasteiger partial charge in [-0.2, -0.15) is 0 Å². The number of hydrogen-bond acceptors (Lipinski definition) is 4. The number of carboxylic acid groups (broad SMARTS) is 1. The van der Waals surface area contributed by atoms with E-state index in [-0.39, 0.29) is 29.9 Å². The molecule has 1 saturated carbocycles. The lowest BCUT2D eigenvalue weighted by Crippen LogP contribution is -2.48. The molecule has 33 heavy (non-hydrogen) atoms. The van der Waals surface area contributed by atoms with Crippen molar-refractivity contribution in [1.29, 1.82) is 0 Å². The zero-order chi connectivity index (χ0) is 23.5. The molecule has 1 saturated heterocycles. The number of nitrogens with two attached hydrogens (primary N) is 2. The largest absolute Gasteiger partial charge is 0.478 e. The summed E-state index contributed by atoms with van der Waals surface area (Å²) in [6.45, 7) is 0.881. The predicted octanol–water partition coefficient (Wildman–Crippen LogP) is 2.71. The molecule has 7 heteroatoms. The molecule has 0 aromatic heterocycles. The molecule has 174 valence electrons. The Kier molecular flexibility index (Phi) is 6.79. The number of rotatable bonds is 6. The van der Waals surface area contributed by atoms with E-state index >= 15 is 0 Å². The molecule has 0 bridgehead atoms. The standard InChI is InChI=1S/C26H31N3O4/c27-14-16-10-12-18(13-11-16)25(31)29-15-21(19-8-4-5-9-20(19)26(32)33)22(23(29)24(28)30)17-6-2-1-3-7-17/h1-9,16,18,21-23H,10-15,27H2,(H2,28,30)(H,32,33)/t16?,18?,21?,22-,23+/m1/s1. The Balaban J connectivity index is 1.74. The highest BCUT2D eigenvalue weighted by atomic mass is 16.4. The van der Waals surface area contributed by atoms with Crippen LogP contribution < -0.4 is 11.5 Å². The van der Waals surface area contributed by atoms with Crippen LogP contribution >= 0.6 is 0 Å². The fraction of sp³-hybridized carbons (Fsp3) is 0.423. The summed E-state index contributed by atoms with van der Waals surface area (Å²) in [4.78, 5) is 40.0. The van der Waals surface area contributed by atoms with Gasteiger partial charge in [-0.1, -0.05) is 48.5 Å². The highest BCUT2D eigenvalue weighted by molar-refractivity contribution is 5.92. The van der Waals surface area contributed by atoms with Crippen molar-refractivity contribution in [3.63, 3.8) is 0 Å². The van der Waals surface area contributed by atoms with Crippen LogP contribution in [0.4, 0.5) is 0 Å². The third kappa shape index (κ3) is 4.50. The first-order chi connectivity index (χ1) is 15.9. The van der Waals surface area contributed by atoms with E-state index in [0.29, 0.717) is 18.0 Å². The molecule has 2 fully saturated rings. The monoisotopic (exact) mass is 449 g/mol. The molecule has 7 nitrogen and oxygen atoms in total. The van der Waals surface area contributed by atoms with E-state index in [9.17, 15) is 19.5 Å². The van der Waals surface area contributed by atoms with Gasteiger partial charge in [-0.05, 0) is 55.3 Å². The number of carbonyl (C=O) groups is 3. The Hall–Kier alpha value is -3.19. The summed E-state index contributed by atoms with van der Waals surface area (Å²) in [5.41, 5.74) is 13.4. The summed E-state index contributed by atoms with van der Waals surface area (Å²) in [7, 11) is 0. The van der Waals surface area contributed by atoms with Crippen molar-refractivity contribution in [2.45, 2.75) is 43.6 Å². The average molecular weight is 450 g/mol. The summed E-state index contributed by atoms with van der Waals surface area (Å²) in [5.74, 6) is -2.17. The molecule has 0 spiro atoms. The topological polar surface area (TPSA) is 127 Å². The van der Waals surface area contributed by atoms with Gasteiger partial charge in [0.2, 0.25) is 11.8 Å². The number of aromatic carboxylic acids is 1. The van der Waals surface area contributed by atoms with Crippen molar-refractivity contribution in [2.75, 3.05) is 13.1 Å². The smallest absolute Gasteiger partial charge is 0.335 e. The van der Waals surface area contributed by atoms with Gasteiger partial charge in [0.25, 0.3) is 0 Å². The number of primary amides is 1. The molecule has 1 heterocycles. The third-order valence-corrected chi connectivity index (χ3v) is 7.38. The van der Waals surface area contributed by atoms with Crippen LogP contribution in [-0.2, 0) is 9.59 Å². The van der Waals surface area contributed by atoms with Gasteiger partial charge < -0.3 is 21.5 Å². The number of carbonyl (C=O) groups excluding carboxylic acids is 2. The Morgan fingerprint density at radius 3 is 2.18 bits per heavy atom. The fourth-order valence-electron chi connectivity index (χ4n) is 5.69. The zero-order valence-electron chi connectivity index (χ0n) is 18.6. The van der Waals surface area contributed by atoms with Crippen molar-refractivity contribution in [2.24, 2.45) is 23.3 Å². The first-order valence-electron chi connectivity index (χ1n) is 11.6. The highest BCUT2D eigenvalue weighted by Crippen LogP contribution is 2.46. The summed E-state index contributed by atoms with van der Waals surface area (Å²) in [6, 6.07) is 15.5. The van der Waals surface area contributed by atoms with Gasteiger partial charge in [0, 0.05) is 24.3 Å². The lowest BCUT2D eigenvalue weighted by Gasteiger charge is -2.32. The third-order valence-electron chi connectivity index (χ3n) is 7.38. The van der Waals surface area contributed by atoms with Crippen LogP contribution in [0.1, 0.15) is 59.0 Å². The second kappa shape index (κ2) is 9.75. The average Bonchev–Trinajstić information content (AvgIpc) is 3.25. The van der Waals surface area contributed by atoms with Crippen LogP contribution in [0.3, 0.4) is 0 Å². The van der Waals surface area contributed by atoms with E-state index < -0.39 is 23.8 Å². The summed E-state index contributed by atoms with van der Waals surface area (Å²) in [5, 5.41) is 9.80. The Morgan fingerprint density at radius 1 is 0.939 bits per heavy atom. The molecule has 1 aliphatic heterocycles. The van der Waals surface area contributed by atoms with Crippen LogP contribution in [0.25, 0.3) is 0 Å². The van der Waals surface area contributed by atoms with Crippen molar-refractivity contribution >= 4 is 17.8 Å². The van der Waals surface area contributed by atoms with Gasteiger partial charge in [0.05, 0.1) is 5.56 Å². The molecule has 1 aliphatic carbocycles. The minimum absolute atomic E-state index is 0.0643. The van der Waals surface area contributed by atoms with Gasteiger partial charge >= 0.3 is 5.97 Å². The van der Waals surface area contributed by atoms with E-state index in [0.717, 1.165) is 31.2 Å².